The molecule has 1 amide bonds. The Morgan fingerprint density at radius 3 is 2.04 bits per heavy atom. The summed E-state index contributed by atoms with van der Waals surface area (Å²) < 4.78 is 0. The summed E-state index contributed by atoms with van der Waals surface area (Å²) in [4.78, 5) is 14.6. The second-order valence-electron chi connectivity index (χ2n) is 9.37. The molecule has 0 saturated carbocycles. The third-order valence-electron chi connectivity index (χ3n) is 4.86. The highest BCUT2D eigenvalue weighted by Gasteiger charge is 2.50. The normalized spacial score (nSPS) is 29.9. The molecule has 1 saturated heterocycles. The van der Waals surface area contributed by atoms with Crippen molar-refractivity contribution in [3.8, 4) is 0 Å². The van der Waals surface area contributed by atoms with Crippen LogP contribution in [-0.2, 0) is 4.79 Å². The van der Waals surface area contributed by atoms with Gasteiger partial charge in [-0.2, -0.15) is 0 Å². The Labute approximate surface area is 169 Å². The third kappa shape index (κ3) is 7.15. The Morgan fingerprint density at radius 1 is 1.04 bits per heavy atom. The number of halogens is 1. The van der Waals surface area contributed by atoms with E-state index < -0.39 is 48.4 Å². The van der Waals surface area contributed by atoms with Gasteiger partial charge in [-0.1, -0.05) is 34.1 Å². The number of rotatable bonds is 7. The lowest BCUT2D eigenvalue weighted by Gasteiger charge is -2.48. The van der Waals surface area contributed by atoms with Crippen molar-refractivity contribution in [2.24, 2.45) is 5.41 Å². The molecule has 0 aromatic heterocycles. The average molecular weight is 411 g/mol. The van der Waals surface area contributed by atoms with Gasteiger partial charge in [-0.3, -0.25) is 9.69 Å². The smallest absolute Gasteiger partial charge is 0.240 e. The zero-order chi connectivity index (χ0) is 20.3. The van der Waals surface area contributed by atoms with Crippen molar-refractivity contribution < 1.29 is 25.2 Å². The van der Waals surface area contributed by atoms with Crippen LogP contribution >= 0.6 is 12.4 Å². The van der Waals surface area contributed by atoms with E-state index in [1.807, 2.05) is 20.8 Å². The standard InChI is InChI=1S/C19H38N2O5.ClH/c1-7-8-9-21-12(10-22)14(23)16(25)15(24)13(21)17(26)20-19(5,6)11-18(2,3)4;/h12-16,22-25H,7-11H2,1-6H3,(H,20,26);1H/t12-,13-,14+,15-,16-;/m0./s1. The van der Waals surface area contributed by atoms with Gasteiger partial charge in [0, 0.05) is 5.54 Å². The van der Waals surface area contributed by atoms with Crippen LogP contribution in [0.5, 0.6) is 0 Å². The lowest BCUT2D eigenvalue weighted by atomic mass is 9.81. The largest absolute Gasteiger partial charge is 0.395 e. The van der Waals surface area contributed by atoms with E-state index in [-0.39, 0.29) is 17.8 Å². The number of unbranched alkanes of at least 4 members (excludes halogenated alkanes) is 1. The second-order valence-corrected chi connectivity index (χ2v) is 9.37. The molecule has 0 aliphatic carbocycles. The summed E-state index contributed by atoms with van der Waals surface area (Å²) in [6, 6.07) is -1.81. The topological polar surface area (TPSA) is 113 Å². The van der Waals surface area contributed by atoms with Gasteiger partial charge in [-0.15, -0.1) is 12.4 Å². The minimum atomic E-state index is -1.48. The molecule has 0 aromatic rings. The number of aliphatic hydroxyl groups excluding tert-OH is 4. The quantitative estimate of drug-likeness (QED) is 0.421. The lowest BCUT2D eigenvalue weighted by Crippen LogP contribution is -2.71. The number of carbonyl (C=O) groups is 1. The highest BCUT2D eigenvalue weighted by molar-refractivity contribution is 5.85. The Kier molecular flexibility index (Phi) is 10.2. The van der Waals surface area contributed by atoms with E-state index in [1.165, 1.54) is 0 Å². The van der Waals surface area contributed by atoms with Crippen LogP contribution in [0.4, 0.5) is 0 Å². The van der Waals surface area contributed by atoms with Gasteiger partial charge < -0.3 is 25.7 Å². The molecule has 1 rings (SSSR count). The number of hydrogen-bond acceptors (Lipinski definition) is 6. The van der Waals surface area contributed by atoms with E-state index in [2.05, 4.69) is 26.1 Å². The predicted molar refractivity (Wildman–Crippen MR) is 108 cm³/mol. The van der Waals surface area contributed by atoms with Gasteiger partial charge >= 0.3 is 0 Å². The SMILES string of the molecule is CCCCN1[C@H](C(=O)NC(C)(C)CC(C)(C)C)[C@H](O)[C@@H](O)[C@H](O)[C@@H]1CO.Cl. The summed E-state index contributed by atoms with van der Waals surface area (Å²) in [6.07, 6.45) is -1.85. The molecule has 1 aliphatic rings. The van der Waals surface area contributed by atoms with E-state index in [0.29, 0.717) is 6.54 Å². The lowest BCUT2D eigenvalue weighted by molar-refractivity contribution is -0.179. The summed E-state index contributed by atoms with van der Waals surface area (Å²) in [7, 11) is 0. The van der Waals surface area contributed by atoms with Crippen molar-refractivity contribution in [2.45, 2.75) is 96.7 Å². The Morgan fingerprint density at radius 2 is 1.59 bits per heavy atom. The monoisotopic (exact) mass is 410 g/mol. The first-order valence-electron chi connectivity index (χ1n) is 9.57. The summed E-state index contributed by atoms with van der Waals surface area (Å²) in [5, 5.41) is 43.6. The minimum Gasteiger partial charge on any atom is -0.395 e. The van der Waals surface area contributed by atoms with Crippen LogP contribution in [0.15, 0.2) is 0 Å². The van der Waals surface area contributed by atoms with Crippen molar-refractivity contribution >= 4 is 18.3 Å². The molecule has 1 fully saturated rings. The Bertz CT molecular complexity index is 470. The molecule has 0 aromatic carbocycles. The molecule has 0 bridgehead atoms. The number of aliphatic hydroxyl groups is 4. The van der Waals surface area contributed by atoms with E-state index >= 15 is 0 Å². The summed E-state index contributed by atoms with van der Waals surface area (Å²) in [5.41, 5.74) is -0.492. The molecule has 162 valence electrons. The van der Waals surface area contributed by atoms with Crippen molar-refractivity contribution in [3.63, 3.8) is 0 Å². The first-order valence-corrected chi connectivity index (χ1v) is 9.57. The average Bonchev–Trinajstić information content (AvgIpc) is 2.47. The van der Waals surface area contributed by atoms with Gasteiger partial charge in [0.1, 0.15) is 24.4 Å². The number of amides is 1. The van der Waals surface area contributed by atoms with Crippen LogP contribution in [0.25, 0.3) is 0 Å². The van der Waals surface area contributed by atoms with Crippen molar-refractivity contribution in [1.82, 2.24) is 10.2 Å². The third-order valence-corrected chi connectivity index (χ3v) is 4.86. The van der Waals surface area contributed by atoms with E-state index in [1.54, 1.807) is 4.90 Å². The zero-order valence-corrected chi connectivity index (χ0v) is 18.3. The number of likely N-dealkylation sites (tertiary alicyclic amines) is 1. The molecule has 27 heavy (non-hydrogen) atoms. The molecule has 8 heteroatoms. The van der Waals surface area contributed by atoms with Crippen molar-refractivity contribution in [3.05, 3.63) is 0 Å². The maximum absolute atomic E-state index is 13.0. The second kappa shape index (κ2) is 10.4. The number of carbonyl (C=O) groups excluding carboxylic acids is 1. The number of nitrogens with zero attached hydrogens (tertiary/aromatic N) is 1. The first kappa shape index (κ1) is 26.6. The van der Waals surface area contributed by atoms with Gasteiger partial charge in [0.15, 0.2) is 0 Å². The van der Waals surface area contributed by atoms with Gasteiger partial charge in [0.2, 0.25) is 5.91 Å². The van der Waals surface area contributed by atoms with Gasteiger partial charge in [-0.25, -0.2) is 0 Å². The van der Waals surface area contributed by atoms with Gasteiger partial charge in [-0.05, 0) is 38.6 Å². The van der Waals surface area contributed by atoms with E-state index in [4.69, 9.17) is 0 Å². The zero-order valence-electron chi connectivity index (χ0n) is 17.5. The molecular weight excluding hydrogens is 372 g/mol. The summed E-state index contributed by atoms with van der Waals surface area (Å²) in [6.45, 7) is 12.2. The van der Waals surface area contributed by atoms with Crippen LogP contribution < -0.4 is 5.32 Å². The maximum Gasteiger partial charge on any atom is 0.240 e. The van der Waals surface area contributed by atoms with Gasteiger partial charge in [0.05, 0.1) is 12.6 Å². The fourth-order valence-electron chi connectivity index (χ4n) is 4.16. The van der Waals surface area contributed by atoms with Crippen LogP contribution in [0, 0.1) is 5.41 Å². The molecule has 0 unspecified atom stereocenters. The van der Waals surface area contributed by atoms with Crippen molar-refractivity contribution in [1.29, 1.82) is 0 Å². The molecule has 7 nitrogen and oxygen atoms in total. The molecule has 1 heterocycles. The molecule has 5 N–H and O–H groups in total. The first-order chi connectivity index (χ1) is 11.8. The molecule has 5 atom stereocenters. The fourth-order valence-corrected chi connectivity index (χ4v) is 4.16. The van der Waals surface area contributed by atoms with Crippen LogP contribution in [-0.4, -0.2) is 80.3 Å². The maximum atomic E-state index is 13.0. The van der Waals surface area contributed by atoms with E-state index in [0.717, 1.165) is 19.3 Å². The summed E-state index contributed by atoms with van der Waals surface area (Å²) >= 11 is 0. The molecule has 1 aliphatic heterocycles. The Hall–Kier alpha value is -0.440. The van der Waals surface area contributed by atoms with Crippen LogP contribution in [0.3, 0.4) is 0 Å². The highest BCUT2D eigenvalue weighted by Crippen LogP contribution is 2.29. The predicted octanol–water partition coefficient (Wildman–Crippen LogP) is 0.667. The number of hydrogen-bond donors (Lipinski definition) is 5. The highest BCUT2D eigenvalue weighted by atomic mass is 35.5. The summed E-state index contributed by atoms with van der Waals surface area (Å²) in [5.74, 6) is -0.396. The van der Waals surface area contributed by atoms with Crippen molar-refractivity contribution in [2.75, 3.05) is 13.2 Å². The van der Waals surface area contributed by atoms with Gasteiger partial charge in [0.25, 0.3) is 0 Å². The molecule has 0 spiro atoms. The molecular formula is C19H39ClN2O5. The number of nitrogens with one attached hydrogen (secondary N) is 1. The van der Waals surface area contributed by atoms with E-state index in [9.17, 15) is 25.2 Å². The van der Waals surface area contributed by atoms with Crippen LogP contribution in [0.1, 0.15) is 60.8 Å². The Balaban J connectivity index is 0.00000676. The molecule has 0 radical (unpaired) electrons. The minimum absolute atomic E-state index is 0. The van der Waals surface area contributed by atoms with Crippen LogP contribution in [0.2, 0.25) is 0 Å². The fraction of sp³-hybridized carbons (Fsp3) is 0.947. The number of piperidine rings is 1.